The summed E-state index contributed by atoms with van der Waals surface area (Å²) in [5, 5.41) is 7.57. The number of aromatic amines is 1. The van der Waals surface area contributed by atoms with Gasteiger partial charge in [-0.2, -0.15) is 5.10 Å². The molecular weight excluding hydrogens is 514 g/mol. The Morgan fingerprint density at radius 3 is 2.70 bits per heavy atom. The van der Waals surface area contributed by atoms with E-state index in [4.69, 9.17) is 0 Å². The largest absolute Gasteiger partial charge is 0.340 e. The standard InChI is InChI=1S/C29H32F2N8O/c1-18(37-8-10-38(11-9-37)27(40)19-2-3-19)20-6-7-32-26(13-20)36-28-34-24-5-4-21(12-25(24)35-28)22-15-33-39(16-22)17-23-14-29(23,30)31/h4-7,12-13,15-16,18-19,23H,2-3,8-11,14,17H2,1H3,(H2,32,34,35,36). The average Bonchev–Trinajstić information content (AvgIpc) is 3.79. The zero-order chi connectivity index (χ0) is 27.4. The number of benzene rings is 1. The summed E-state index contributed by atoms with van der Waals surface area (Å²) in [5.74, 6) is -1.28. The van der Waals surface area contributed by atoms with Gasteiger partial charge in [-0.3, -0.25) is 14.4 Å². The number of amides is 1. The molecule has 0 bridgehead atoms. The van der Waals surface area contributed by atoms with Gasteiger partial charge in [0.15, 0.2) is 0 Å². The number of nitrogens with one attached hydrogen (secondary N) is 2. The number of aromatic nitrogens is 5. The Bertz CT molecular complexity index is 1550. The van der Waals surface area contributed by atoms with Gasteiger partial charge in [0, 0.05) is 75.0 Å². The van der Waals surface area contributed by atoms with Crippen LogP contribution in [-0.2, 0) is 11.3 Å². The summed E-state index contributed by atoms with van der Waals surface area (Å²) in [6.07, 6.45) is 7.36. The molecule has 2 N–H and O–H groups in total. The van der Waals surface area contributed by atoms with Gasteiger partial charge in [-0.25, -0.2) is 18.7 Å². The van der Waals surface area contributed by atoms with Crippen molar-refractivity contribution in [3.63, 3.8) is 0 Å². The van der Waals surface area contributed by atoms with Gasteiger partial charge in [0.25, 0.3) is 5.92 Å². The Kier molecular flexibility index (Phi) is 6.06. The van der Waals surface area contributed by atoms with Crippen molar-refractivity contribution < 1.29 is 13.6 Å². The number of nitrogens with zero attached hydrogens (tertiary/aromatic N) is 6. The number of hydrogen-bond donors (Lipinski definition) is 2. The molecule has 1 saturated heterocycles. The molecule has 2 unspecified atom stereocenters. The van der Waals surface area contributed by atoms with E-state index in [2.05, 4.69) is 37.2 Å². The molecule has 2 atom stereocenters. The second kappa shape index (κ2) is 9.65. The van der Waals surface area contributed by atoms with Crippen LogP contribution in [0.4, 0.5) is 20.5 Å². The van der Waals surface area contributed by atoms with Gasteiger partial charge in [-0.05, 0) is 55.2 Å². The molecular formula is C29H32F2N8O. The smallest absolute Gasteiger partial charge is 0.253 e. The normalized spacial score (nSPS) is 21.5. The first-order valence-electron chi connectivity index (χ1n) is 14.0. The zero-order valence-corrected chi connectivity index (χ0v) is 22.4. The lowest BCUT2D eigenvalue weighted by molar-refractivity contribution is -0.134. The summed E-state index contributed by atoms with van der Waals surface area (Å²) < 4.78 is 28.1. The number of hydrogen-bond acceptors (Lipinski definition) is 6. The molecule has 4 heterocycles. The molecule has 2 saturated carbocycles. The van der Waals surface area contributed by atoms with Crippen LogP contribution in [0, 0.1) is 11.8 Å². The molecule has 208 valence electrons. The molecule has 40 heavy (non-hydrogen) atoms. The highest BCUT2D eigenvalue weighted by Crippen LogP contribution is 2.49. The van der Waals surface area contributed by atoms with E-state index in [1.165, 1.54) is 0 Å². The topological polar surface area (TPSA) is 95.0 Å². The van der Waals surface area contributed by atoms with Crippen molar-refractivity contribution in [3.8, 4) is 11.1 Å². The van der Waals surface area contributed by atoms with Crippen LogP contribution < -0.4 is 5.32 Å². The van der Waals surface area contributed by atoms with E-state index in [1.807, 2.05) is 41.4 Å². The number of anilines is 2. The van der Waals surface area contributed by atoms with Crippen LogP contribution in [0.3, 0.4) is 0 Å². The molecule has 7 rings (SSSR count). The number of imidazole rings is 1. The van der Waals surface area contributed by atoms with Crippen LogP contribution in [-0.4, -0.2) is 72.5 Å². The van der Waals surface area contributed by atoms with Crippen molar-refractivity contribution >= 4 is 28.7 Å². The van der Waals surface area contributed by atoms with Crippen LogP contribution in [0.2, 0.25) is 0 Å². The molecule has 0 spiro atoms. The number of halogens is 2. The highest BCUT2D eigenvalue weighted by molar-refractivity contribution is 5.84. The summed E-state index contributed by atoms with van der Waals surface area (Å²) in [6, 6.07) is 10.2. The third-order valence-electron chi connectivity index (χ3n) is 8.42. The molecule has 3 fully saturated rings. The summed E-state index contributed by atoms with van der Waals surface area (Å²) in [6.45, 7) is 5.72. The summed E-state index contributed by atoms with van der Waals surface area (Å²) in [4.78, 5) is 29.3. The summed E-state index contributed by atoms with van der Waals surface area (Å²) >= 11 is 0. The third kappa shape index (κ3) is 5.05. The third-order valence-corrected chi connectivity index (χ3v) is 8.42. The maximum Gasteiger partial charge on any atom is 0.253 e. The predicted octanol–water partition coefficient (Wildman–Crippen LogP) is 4.84. The fourth-order valence-electron chi connectivity index (χ4n) is 5.58. The minimum absolute atomic E-state index is 0.0613. The number of fused-ring (bicyclic) bond motifs is 1. The number of carbonyl (C=O) groups is 1. The van der Waals surface area contributed by atoms with Crippen LogP contribution in [0.5, 0.6) is 0 Å². The Labute approximate surface area is 230 Å². The highest BCUT2D eigenvalue weighted by Gasteiger charge is 2.56. The van der Waals surface area contributed by atoms with E-state index in [0.29, 0.717) is 17.7 Å². The Hall–Kier alpha value is -3.86. The number of piperazine rings is 1. The number of carbonyl (C=O) groups excluding carboxylic acids is 1. The average molecular weight is 547 g/mol. The number of H-pyrrole nitrogens is 1. The highest BCUT2D eigenvalue weighted by atomic mass is 19.3. The molecule has 4 aromatic rings. The molecule has 9 nitrogen and oxygen atoms in total. The molecule has 3 aliphatic rings. The predicted molar refractivity (Wildman–Crippen MR) is 147 cm³/mol. The van der Waals surface area contributed by atoms with Gasteiger partial charge in [-0.1, -0.05) is 6.07 Å². The fraction of sp³-hybridized carbons (Fsp3) is 0.448. The molecule has 3 aromatic heterocycles. The quantitative estimate of drug-likeness (QED) is 0.329. The maximum absolute atomic E-state index is 13.3. The van der Waals surface area contributed by atoms with E-state index in [0.717, 1.165) is 66.7 Å². The zero-order valence-electron chi connectivity index (χ0n) is 22.4. The number of rotatable bonds is 8. The minimum atomic E-state index is -2.55. The first kappa shape index (κ1) is 25.1. The Morgan fingerprint density at radius 2 is 1.95 bits per heavy atom. The van der Waals surface area contributed by atoms with Crippen molar-refractivity contribution in [3.05, 3.63) is 54.5 Å². The van der Waals surface area contributed by atoms with E-state index in [9.17, 15) is 13.6 Å². The van der Waals surface area contributed by atoms with Crippen molar-refractivity contribution in [1.29, 1.82) is 0 Å². The lowest BCUT2D eigenvalue weighted by Crippen LogP contribution is -2.49. The van der Waals surface area contributed by atoms with Crippen LogP contribution in [0.1, 0.15) is 37.8 Å². The monoisotopic (exact) mass is 546 g/mol. The summed E-state index contributed by atoms with van der Waals surface area (Å²) in [5.41, 5.74) is 4.61. The molecule has 11 heteroatoms. The van der Waals surface area contributed by atoms with Gasteiger partial charge in [0.05, 0.1) is 17.2 Å². The van der Waals surface area contributed by atoms with Crippen LogP contribution in [0.15, 0.2) is 48.9 Å². The molecule has 1 amide bonds. The van der Waals surface area contributed by atoms with Gasteiger partial charge in [-0.15, -0.1) is 0 Å². The second-order valence-electron chi connectivity index (χ2n) is 11.3. The maximum atomic E-state index is 13.3. The van der Waals surface area contributed by atoms with Crippen molar-refractivity contribution in [1.82, 2.24) is 34.5 Å². The molecule has 0 radical (unpaired) electrons. The number of pyridine rings is 1. The van der Waals surface area contributed by atoms with E-state index in [1.54, 1.807) is 17.1 Å². The van der Waals surface area contributed by atoms with Crippen molar-refractivity contribution in [2.24, 2.45) is 11.8 Å². The van der Waals surface area contributed by atoms with Gasteiger partial charge in [0.1, 0.15) is 5.82 Å². The first-order valence-corrected chi connectivity index (χ1v) is 14.0. The molecule has 1 aliphatic heterocycles. The van der Waals surface area contributed by atoms with Crippen LogP contribution >= 0.6 is 0 Å². The SMILES string of the molecule is CC(c1ccnc(Nc2nc3ccc(-c4cnn(CC5CC5(F)F)c4)cc3[nH]2)c1)N1CCN(C(=O)C2CC2)CC1. The summed E-state index contributed by atoms with van der Waals surface area (Å²) in [7, 11) is 0. The minimum Gasteiger partial charge on any atom is -0.340 e. The number of alkyl halides is 2. The van der Waals surface area contributed by atoms with Gasteiger partial charge in [0.2, 0.25) is 11.9 Å². The fourth-order valence-corrected chi connectivity index (χ4v) is 5.58. The lowest BCUT2D eigenvalue weighted by Gasteiger charge is -2.38. The lowest BCUT2D eigenvalue weighted by atomic mass is 10.1. The molecule has 2 aliphatic carbocycles. The Balaban J connectivity index is 1.01. The van der Waals surface area contributed by atoms with Gasteiger partial charge < -0.3 is 15.2 Å². The van der Waals surface area contributed by atoms with E-state index in [-0.39, 0.29) is 24.9 Å². The van der Waals surface area contributed by atoms with Crippen molar-refractivity contribution in [2.75, 3.05) is 31.5 Å². The Morgan fingerprint density at radius 1 is 1.15 bits per heavy atom. The molecule has 1 aromatic carbocycles. The van der Waals surface area contributed by atoms with E-state index < -0.39 is 11.8 Å². The van der Waals surface area contributed by atoms with E-state index >= 15 is 0 Å². The first-order chi connectivity index (χ1) is 19.3. The van der Waals surface area contributed by atoms with Gasteiger partial charge >= 0.3 is 0 Å². The van der Waals surface area contributed by atoms with Crippen molar-refractivity contribution in [2.45, 2.75) is 44.7 Å². The second-order valence-corrected chi connectivity index (χ2v) is 11.3. The van der Waals surface area contributed by atoms with Crippen LogP contribution in [0.25, 0.3) is 22.2 Å².